The van der Waals surface area contributed by atoms with Crippen LogP contribution in [0.3, 0.4) is 0 Å². The molecular weight excluding hydrogens is 198 g/mol. The molecule has 16 heavy (non-hydrogen) atoms. The number of aromatic nitrogens is 2. The SMILES string of the molecule is Cc1[nH]c(C(C#N)C(C)C)nc1CC(C)C. The standard InChI is InChI=1S/C13H21N3/c1-8(2)6-12-10(5)15-13(16-12)11(7-14)9(3)4/h8-9,11H,6H2,1-5H3,(H,15,16). The van der Waals surface area contributed by atoms with E-state index in [9.17, 15) is 0 Å². The molecule has 0 aliphatic rings. The van der Waals surface area contributed by atoms with Crippen LogP contribution in [0.5, 0.6) is 0 Å². The Labute approximate surface area is 97.9 Å². The lowest BCUT2D eigenvalue weighted by Crippen LogP contribution is -2.06. The first kappa shape index (κ1) is 12.8. The van der Waals surface area contributed by atoms with Gasteiger partial charge in [-0.15, -0.1) is 0 Å². The highest BCUT2D eigenvalue weighted by atomic mass is 14.9. The molecule has 0 saturated heterocycles. The van der Waals surface area contributed by atoms with Gasteiger partial charge in [-0.3, -0.25) is 0 Å². The Hall–Kier alpha value is -1.30. The highest BCUT2D eigenvalue weighted by Crippen LogP contribution is 2.23. The molecule has 1 N–H and O–H groups in total. The molecule has 0 saturated carbocycles. The van der Waals surface area contributed by atoms with Gasteiger partial charge in [0.25, 0.3) is 0 Å². The van der Waals surface area contributed by atoms with Crippen LogP contribution in [0, 0.1) is 30.1 Å². The lowest BCUT2D eigenvalue weighted by molar-refractivity contribution is 0.563. The van der Waals surface area contributed by atoms with Crippen LogP contribution in [0.1, 0.15) is 50.8 Å². The molecule has 0 aliphatic heterocycles. The minimum Gasteiger partial charge on any atom is -0.345 e. The van der Waals surface area contributed by atoms with Gasteiger partial charge in [0.05, 0.1) is 11.8 Å². The van der Waals surface area contributed by atoms with Gasteiger partial charge in [-0.2, -0.15) is 5.26 Å². The van der Waals surface area contributed by atoms with Gasteiger partial charge in [0.2, 0.25) is 0 Å². The molecule has 1 aromatic rings. The lowest BCUT2D eigenvalue weighted by atomic mass is 9.97. The van der Waals surface area contributed by atoms with E-state index in [1.165, 1.54) is 0 Å². The predicted octanol–water partition coefficient (Wildman–Crippen LogP) is 3.18. The molecule has 0 amide bonds. The van der Waals surface area contributed by atoms with Crippen molar-refractivity contribution >= 4 is 0 Å². The van der Waals surface area contributed by atoms with E-state index in [0.717, 1.165) is 23.6 Å². The van der Waals surface area contributed by atoms with E-state index in [2.05, 4.69) is 29.9 Å². The van der Waals surface area contributed by atoms with E-state index in [-0.39, 0.29) is 5.92 Å². The predicted molar refractivity (Wildman–Crippen MR) is 65.1 cm³/mol. The molecule has 0 bridgehead atoms. The third-order valence-electron chi connectivity index (χ3n) is 2.71. The Bertz CT molecular complexity index is 382. The summed E-state index contributed by atoms with van der Waals surface area (Å²) in [4.78, 5) is 7.81. The van der Waals surface area contributed by atoms with Crippen LogP contribution >= 0.6 is 0 Å². The van der Waals surface area contributed by atoms with Gasteiger partial charge in [-0.05, 0) is 25.2 Å². The summed E-state index contributed by atoms with van der Waals surface area (Å²) in [5, 5.41) is 9.12. The fourth-order valence-corrected chi connectivity index (χ4v) is 1.78. The van der Waals surface area contributed by atoms with Gasteiger partial charge in [0, 0.05) is 5.69 Å². The molecule has 0 aromatic carbocycles. The molecule has 1 heterocycles. The maximum Gasteiger partial charge on any atom is 0.124 e. The molecule has 1 atom stereocenters. The maximum atomic E-state index is 9.12. The Morgan fingerprint density at radius 2 is 1.94 bits per heavy atom. The molecular formula is C13H21N3. The van der Waals surface area contributed by atoms with Crippen molar-refractivity contribution in [1.82, 2.24) is 9.97 Å². The number of hydrogen-bond acceptors (Lipinski definition) is 2. The minimum atomic E-state index is -0.125. The minimum absolute atomic E-state index is 0.125. The van der Waals surface area contributed by atoms with Crippen LogP contribution in [0.2, 0.25) is 0 Å². The Morgan fingerprint density at radius 3 is 2.38 bits per heavy atom. The molecule has 0 fully saturated rings. The first-order chi connectivity index (χ1) is 7.45. The summed E-state index contributed by atoms with van der Waals surface area (Å²) in [7, 11) is 0. The number of nitrogens with one attached hydrogen (secondary N) is 1. The second kappa shape index (κ2) is 5.16. The first-order valence-corrected chi connectivity index (χ1v) is 5.90. The number of H-pyrrole nitrogens is 1. The van der Waals surface area contributed by atoms with E-state index >= 15 is 0 Å². The molecule has 88 valence electrons. The number of aryl methyl sites for hydroxylation is 1. The zero-order valence-electron chi connectivity index (χ0n) is 10.8. The van der Waals surface area contributed by atoms with E-state index in [0.29, 0.717) is 11.8 Å². The van der Waals surface area contributed by atoms with Gasteiger partial charge in [0.15, 0.2) is 0 Å². The number of rotatable bonds is 4. The fourth-order valence-electron chi connectivity index (χ4n) is 1.78. The van der Waals surface area contributed by atoms with Crippen molar-refractivity contribution < 1.29 is 0 Å². The summed E-state index contributed by atoms with van der Waals surface area (Å²) < 4.78 is 0. The summed E-state index contributed by atoms with van der Waals surface area (Å²) in [6.07, 6.45) is 0.971. The van der Waals surface area contributed by atoms with Crippen molar-refractivity contribution in [2.75, 3.05) is 0 Å². The number of nitriles is 1. The van der Waals surface area contributed by atoms with E-state index < -0.39 is 0 Å². The summed E-state index contributed by atoms with van der Waals surface area (Å²) in [5.41, 5.74) is 2.20. The third kappa shape index (κ3) is 2.85. The Kier molecular flexibility index (Phi) is 4.12. The second-order valence-corrected chi connectivity index (χ2v) is 5.14. The van der Waals surface area contributed by atoms with Gasteiger partial charge in [0.1, 0.15) is 11.7 Å². The van der Waals surface area contributed by atoms with Crippen molar-refractivity contribution in [1.29, 1.82) is 5.26 Å². The van der Waals surface area contributed by atoms with Gasteiger partial charge in [-0.1, -0.05) is 27.7 Å². The zero-order chi connectivity index (χ0) is 12.3. The molecule has 0 radical (unpaired) electrons. The number of imidazole rings is 1. The fraction of sp³-hybridized carbons (Fsp3) is 0.692. The first-order valence-electron chi connectivity index (χ1n) is 5.90. The van der Waals surface area contributed by atoms with Gasteiger partial charge in [-0.25, -0.2) is 4.98 Å². The molecule has 0 aliphatic carbocycles. The summed E-state index contributed by atoms with van der Waals surface area (Å²) >= 11 is 0. The molecule has 1 unspecified atom stereocenters. The lowest BCUT2D eigenvalue weighted by Gasteiger charge is -2.09. The van der Waals surface area contributed by atoms with Crippen molar-refractivity contribution in [3.05, 3.63) is 17.2 Å². The number of aromatic amines is 1. The zero-order valence-corrected chi connectivity index (χ0v) is 10.8. The van der Waals surface area contributed by atoms with Gasteiger partial charge < -0.3 is 4.98 Å². The Morgan fingerprint density at radius 1 is 1.31 bits per heavy atom. The molecule has 3 nitrogen and oxygen atoms in total. The van der Waals surface area contributed by atoms with Crippen molar-refractivity contribution in [2.24, 2.45) is 11.8 Å². The van der Waals surface area contributed by atoms with Crippen LogP contribution in [0.15, 0.2) is 0 Å². The smallest absolute Gasteiger partial charge is 0.124 e. The second-order valence-electron chi connectivity index (χ2n) is 5.14. The van der Waals surface area contributed by atoms with E-state index in [1.807, 2.05) is 20.8 Å². The van der Waals surface area contributed by atoms with Gasteiger partial charge >= 0.3 is 0 Å². The number of nitrogens with zero attached hydrogens (tertiary/aromatic N) is 2. The average molecular weight is 219 g/mol. The molecule has 1 aromatic heterocycles. The molecule has 3 heteroatoms. The van der Waals surface area contributed by atoms with Crippen molar-refractivity contribution in [2.45, 2.75) is 47.0 Å². The highest BCUT2D eigenvalue weighted by molar-refractivity contribution is 5.19. The van der Waals surface area contributed by atoms with Crippen LogP contribution in [-0.2, 0) is 6.42 Å². The largest absolute Gasteiger partial charge is 0.345 e. The normalized spacial score (nSPS) is 13.1. The molecule has 0 spiro atoms. The monoisotopic (exact) mass is 219 g/mol. The maximum absolute atomic E-state index is 9.12. The third-order valence-corrected chi connectivity index (χ3v) is 2.71. The average Bonchev–Trinajstić information content (AvgIpc) is 2.47. The van der Waals surface area contributed by atoms with E-state index in [4.69, 9.17) is 5.26 Å². The summed E-state index contributed by atoms with van der Waals surface area (Å²) in [5.74, 6) is 1.59. The topological polar surface area (TPSA) is 52.5 Å². The quantitative estimate of drug-likeness (QED) is 0.845. The highest BCUT2D eigenvalue weighted by Gasteiger charge is 2.20. The van der Waals surface area contributed by atoms with Crippen LogP contribution in [-0.4, -0.2) is 9.97 Å². The van der Waals surface area contributed by atoms with E-state index in [1.54, 1.807) is 0 Å². The summed E-state index contributed by atoms with van der Waals surface area (Å²) in [6.45, 7) is 10.5. The Balaban J connectivity index is 2.96. The van der Waals surface area contributed by atoms with Crippen molar-refractivity contribution in [3.8, 4) is 6.07 Å². The van der Waals surface area contributed by atoms with Crippen LogP contribution < -0.4 is 0 Å². The molecule has 1 rings (SSSR count). The summed E-state index contributed by atoms with van der Waals surface area (Å²) in [6, 6.07) is 2.32. The van der Waals surface area contributed by atoms with Crippen molar-refractivity contribution in [3.63, 3.8) is 0 Å². The number of hydrogen-bond donors (Lipinski definition) is 1. The van der Waals surface area contributed by atoms with Crippen LogP contribution in [0.25, 0.3) is 0 Å². The van der Waals surface area contributed by atoms with Crippen LogP contribution in [0.4, 0.5) is 0 Å².